The number of amides is 1. The van der Waals surface area contributed by atoms with Crippen LogP contribution in [-0.2, 0) is 9.59 Å². The zero-order valence-electron chi connectivity index (χ0n) is 17.6. The molecule has 1 atom stereocenters. The molecule has 1 aliphatic rings. The van der Waals surface area contributed by atoms with E-state index in [0.29, 0.717) is 29.3 Å². The first-order valence-electron chi connectivity index (χ1n) is 10.1. The van der Waals surface area contributed by atoms with E-state index in [9.17, 15) is 14.7 Å². The highest BCUT2D eigenvalue weighted by molar-refractivity contribution is 9.10. The fraction of sp³-hybridized carbons (Fsp3) is 0.160. The van der Waals surface area contributed by atoms with Gasteiger partial charge in [0.1, 0.15) is 17.3 Å². The van der Waals surface area contributed by atoms with E-state index in [1.54, 1.807) is 42.6 Å². The van der Waals surface area contributed by atoms with Gasteiger partial charge < -0.3 is 9.84 Å². The van der Waals surface area contributed by atoms with Gasteiger partial charge >= 0.3 is 5.91 Å². The Morgan fingerprint density at radius 2 is 1.88 bits per heavy atom. The number of halogens is 1. The fourth-order valence-corrected chi connectivity index (χ4v) is 4.09. The summed E-state index contributed by atoms with van der Waals surface area (Å²) in [5.41, 5.74) is 1.90. The molecule has 1 aromatic heterocycles. The number of rotatable bonds is 5. The highest BCUT2D eigenvalue weighted by atomic mass is 79.9. The number of aryl methyl sites for hydroxylation is 1. The minimum absolute atomic E-state index is 0.0234. The SMILES string of the molecule is CCOc1ccc(C(O)=C2C(=O)C(=O)N(c3ccccn3)[C@H]2c2ccc(Br)cc2)c(C)c1. The zero-order chi connectivity index (χ0) is 22.8. The van der Waals surface area contributed by atoms with Crippen LogP contribution in [-0.4, -0.2) is 28.4 Å². The van der Waals surface area contributed by atoms with Crippen molar-refractivity contribution in [3.63, 3.8) is 0 Å². The number of Topliss-reactive ketones (excluding diaryl/α,β-unsaturated/α-hetero) is 1. The van der Waals surface area contributed by atoms with Crippen LogP contribution in [0.5, 0.6) is 5.75 Å². The van der Waals surface area contributed by atoms with Crippen LogP contribution < -0.4 is 9.64 Å². The Hall–Kier alpha value is -3.45. The molecule has 2 aromatic carbocycles. The Balaban J connectivity index is 1.91. The number of aliphatic hydroxyl groups is 1. The van der Waals surface area contributed by atoms with E-state index in [4.69, 9.17) is 4.74 Å². The van der Waals surface area contributed by atoms with Crippen molar-refractivity contribution in [1.29, 1.82) is 0 Å². The molecule has 1 aliphatic heterocycles. The molecule has 0 unspecified atom stereocenters. The van der Waals surface area contributed by atoms with Crippen molar-refractivity contribution in [2.24, 2.45) is 0 Å². The second-order valence-corrected chi connectivity index (χ2v) is 8.23. The van der Waals surface area contributed by atoms with Gasteiger partial charge in [0.05, 0.1) is 18.2 Å². The molecule has 1 fully saturated rings. The summed E-state index contributed by atoms with van der Waals surface area (Å²) in [6, 6.07) is 16.8. The Morgan fingerprint density at radius 3 is 2.50 bits per heavy atom. The second kappa shape index (κ2) is 8.96. The molecule has 6 nitrogen and oxygen atoms in total. The summed E-state index contributed by atoms with van der Waals surface area (Å²) in [6.07, 6.45) is 1.56. The molecule has 2 heterocycles. The van der Waals surface area contributed by atoms with Gasteiger partial charge in [0.25, 0.3) is 5.78 Å². The summed E-state index contributed by atoms with van der Waals surface area (Å²) in [5.74, 6) is -0.712. The van der Waals surface area contributed by atoms with Crippen molar-refractivity contribution < 1.29 is 19.4 Å². The average Bonchev–Trinajstić information content (AvgIpc) is 3.05. The van der Waals surface area contributed by atoms with E-state index in [2.05, 4.69) is 20.9 Å². The Morgan fingerprint density at radius 1 is 1.12 bits per heavy atom. The minimum atomic E-state index is -0.816. The summed E-state index contributed by atoms with van der Waals surface area (Å²) in [5, 5.41) is 11.3. The van der Waals surface area contributed by atoms with Gasteiger partial charge in [0, 0.05) is 16.2 Å². The van der Waals surface area contributed by atoms with Crippen molar-refractivity contribution in [1.82, 2.24) is 4.98 Å². The maximum absolute atomic E-state index is 13.2. The molecule has 4 rings (SSSR count). The van der Waals surface area contributed by atoms with E-state index in [1.807, 2.05) is 38.1 Å². The van der Waals surface area contributed by atoms with E-state index < -0.39 is 17.7 Å². The van der Waals surface area contributed by atoms with Gasteiger partial charge in [-0.05, 0) is 67.4 Å². The lowest BCUT2D eigenvalue weighted by Gasteiger charge is -2.24. The first-order chi connectivity index (χ1) is 15.4. The number of benzene rings is 2. The summed E-state index contributed by atoms with van der Waals surface area (Å²) in [4.78, 5) is 31.9. The lowest BCUT2D eigenvalue weighted by atomic mass is 9.94. The Bertz CT molecular complexity index is 1210. The molecule has 0 bridgehead atoms. The summed E-state index contributed by atoms with van der Waals surface area (Å²) < 4.78 is 6.38. The number of carbonyl (C=O) groups excluding carboxylic acids is 2. The van der Waals surface area contributed by atoms with Crippen LogP contribution in [0.25, 0.3) is 5.76 Å². The number of ether oxygens (including phenoxy) is 1. The smallest absolute Gasteiger partial charge is 0.301 e. The van der Waals surface area contributed by atoms with Gasteiger partial charge in [-0.3, -0.25) is 14.5 Å². The molecule has 1 saturated heterocycles. The molecule has 0 saturated carbocycles. The van der Waals surface area contributed by atoms with Gasteiger partial charge in [0.2, 0.25) is 0 Å². The summed E-state index contributed by atoms with van der Waals surface area (Å²) in [7, 11) is 0. The van der Waals surface area contributed by atoms with Crippen molar-refractivity contribution in [3.8, 4) is 5.75 Å². The maximum Gasteiger partial charge on any atom is 0.301 e. The predicted octanol–water partition coefficient (Wildman–Crippen LogP) is 5.18. The van der Waals surface area contributed by atoms with Gasteiger partial charge in [-0.1, -0.05) is 34.1 Å². The lowest BCUT2D eigenvalue weighted by Crippen LogP contribution is -2.30. The average molecular weight is 493 g/mol. The van der Waals surface area contributed by atoms with Crippen LogP contribution in [0.15, 0.2) is 76.9 Å². The Kier molecular flexibility index (Phi) is 6.10. The van der Waals surface area contributed by atoms with Crippen LogP contribution in [0, 0.1) is 6.92 Å². The molecule has 1 N–H and O–H groups in total. The van der Waals surface area contributed by atoms with Gasteiger partial charge in [-0.15, -0.1) is 0 Å². The Labute approximate surface area is 194 Å². The van der Waals surface area contributed by atoms with Crippen LogP contribution in [0.4, 0.5) is 5.82 Å². The third-order valence-corrected chi connectivity index (χ3v) is 5.82. The molecule has 32 heavy (non-hydrogen) atoms. The third kappa shape index (κ3) is 3.91. The maximum atomic E-state index is 13.2. The van der Waals surface area contributed by atoms with Gasteiger partial charge in [0.15, 0.2) is 0 Å². The van der Waals surface area contributed by atoms with Crippen LogP contribution in [0.3, 0.4) is 0 Å². The normalized spacial score (nSPS) is 17.6. The number of nitrogens with zero attached hydrogens (tertiary/aromatic N) is 2. The number of ketones is 1. The van der Waals surface area contributed by atoms with Crippen molar-refractivity contribution >= 4 is 39.2 Å². The topological polar surface area (TPSA) is 79.7 Å². The predicted molar refractivity (Wildman–Crippen MR) is 126 cm³/mol. The first-order valence-corrected chi connectivity index (χ1v) is 10.9. The third-order valence-electron chi connectivity index (χ3n) is 5.29. The number of aromatic nitrogens is 1. The monoisotopic (exact) mass is 492 g/mol. The standard InChI is InChI=1S/C25H21BrN2O4/c1-3-32-18-11-12-19(15(2)14-18)23(29)21-22(16-7-9-17(26)10-8-16)28(25(31)24(21)30)20-6-4-5-13-27-20/h4-14,22,29H,3H2,1-2H3/t22-/m0/s1. The largest absolute Gasteiger partial charge is 0.507 e. The molecule has 7 heteroatoms. The van der Waals surface area contributed by atoms with E-state index >= 15 is 0 Å². The zero-order valence-corrected chi connectivity index (χ0v) is 19.2. The quantitative estimate of drug-likeness (QED) is 0.301. The van der Waals surface area contributed by atoms with Gasteiger partial charge in [-0.25, -0.2) is 4.98 Å². The first kappa shape index (κ1) is 21.8. The number of carbonyl (C=O) groups is 2. The number of aliphatic hydroxyl groups excluding tert-OH is 1. The van der Waals surface area contributed by atoms with Crippen LogP contribution in [0.2, 0.25) is 0 Å². The highest BCUT2D eigenvalue weighted by Crippen LogP contribution is 2.42. The number of anilines is 1. The molecule has 0 spiro atoms. The molecule has 0 radical (unpaired) electrons. The molecule has 3 aromatic rings. The fourth-order valence-electron chi connectivity index (χ4n) is 3.83. The molecule has 162 valence electrons. The number of pyridine rings is 1. The van der Waals surface area contributed by atoms with E-state index in [1.165, 1.54) is 4.90 Å². The lowest BCUT2D eigenvalue weighted by molar-refractivity contribution is -0.132. The molecule has 0 aliphatic carbocycles. The molecule has 1 amide bonds. The summed E-state index contributed by atoms with van der Waals surface area (Å²) >= 11 is 3.41. The van der Waals surface area contributed by atoms with Gasteiger partial charge in [-0.2, -0.15) is 0 Å². The van der Waals surface area contributed by atoms with Crippen LogP contribution in [0.1, 0.15) is 29.7 Å². The van der Waals surface area contributed by atoms with E-state index in [-0.39, 0.29) is 11.3 Å². The van der Waals surface area contributed by atoms with Crippen molar-refractivity contribution in [2.45, 2.75) is 19.9 Å². The van der Waals surface area contributed by atoms with E-state index in [0.717, 1.165) is 10.0 Å². The minimum Gasteiger partial charge on any atom is -0.507 e. The highest BCUT2D eigenvalue weighted by Gasteiger charge is 2.47. The molecular formula is C25H21BrN2O4. The van der Waals surface area contributed by atoms with Crippen molar-refractivity contribution in [2.75, 3.05) is 11.5 Å². The van der Waals surface area contributed by atoms with Crippen LogP contribution >= 0.6 is 15.9 Å². The molecular weight excluding hydrogens is 472 g/mol. The second-order valence-electron chi connectivity index (χ2n) is 7.32. The number of hydrogen-bond acceptors (Lipinski definition) is 5. The number of hydrogen-bond donors (Lipinski definition) is 1. The summed E-state index contributed by atoms with van der Waals surface area (Å²) in [6.45, 7) is 4.23. The van der Waals surface area contributed by atoms with Crippen molar-refractivity contribution in [3.05, 3.63) is 93.6 Å².